The summed E-state index contributed by atoms with van der Waals surface area (Å²) in [4.78, 5) is 83.0. The Hall–Kier alpha value is -6.21. The molecule has 7 rings (SSSR count). The molecule has 1 unspecified atom stereocenters. The molecule has 4 amide bonds. The number of benzene rings is 4. The number of fused-ring (bicyclic) bond motifs is 5. The standard InChI is InChI=1S/C43H42ClN7O9S2/c1-45-31(10-11-38(54)55)40(56)50-34(43(59)60)21-62-61-13-12-37(53)46-25-6-8-29-22(14-25)16-32(48-29)41(57)47-26-7-9-30-23(15-26)17-33(49-30)42(58)51-20-24(19-44)39-28-5-3-2-4-27(28)36(52)18-35(39)51/h2-9,14-18,24,31,34,45,48-49,52H,10-13,19-21H2,1H3,(H,46,53)(H,47,57)(H,50,56)(H,54,55)(H,59,60)/t24?,31-,34-/m0/s1. The number of aliphatic carboxylic acids is 2. The van der Waals surface area contributed by atoms with E-state index in [2.05, 4.69) is 31.2 Å². The second-order valence-electron chi connectivity index (χ2n) is 14.6. The van der Waals surface area contributed by atoms with Crippen LogP contribution >= 0.6 is 33.2 Å². The van der Waals surface area contributed by atoms with Crippen molar-refractivity contribution < 1.29 is 44.1 Å². The van der Waals surface area contributed by atoms with Gasteiger partial charge in [0, 0.05) is 87.3 Å². The Morgan fingerprint density at radius 1 is 0.823 bits per heavy atom. The highest BCUT2D eigenvalue weighted by molar-refractivity contribution is 8.76. The normalized spacial score (nSPS) is 14.4. The van der Waals surface area contributed by atoms with Gasteiger partial charge in [-0.15, -0.1) is 11.6 Å². The van der Waals surface area contributed by atoms with Crippen molar-refractivity contribution in [1.82, 2.24) is 20.6 Å². The Kier molecular flexibility index (Phi) is 13.6. The van der Waals surface area contributed by atoms with Crippen LogP contribution in [0, 0.1) is 0 Å². The number of H-pyrrole nitrogens is 2. The number of halogens is 1. The summed E-state index contributed by atoms with van der Waals surface area (Å²) in [7, 11) is 3.96. The summed E-state index contributed by atoms with van der Waals surface area (Å²) in [5.74, 6) is -3.18. The lowest BCUT2D eigenvalue weighted by Crippen LogP contribution is -2.50. The van der Waals surface area contributed by atoms with Crippen LogP contribution in [0.2, 0.25) is 0 Å². The largest absolute Gasteiger partial charge is 0.507 e. The zero-order chi connectivity index (χ0) is 44.1. The summed E-state index contributed by atoms with van der Waals surface area (Å²) in [5.41, 5.74) is 4.58. The molecular formula is C43H42ClN7O9S2. The number of carbonyl (C=O) groups is 6. The second-order valence-corrected chi connectivity index (χ2v) is 17.6. The molecule has 4 aromatic carbocycles. The molecule has 0 saturated carbocycles. The van der Waals surface area contributed by atoms with Crippen LogP contribution in [0.4, 0.5) is 17.1 Å². The number of carboxylic acid groups (broad SMARTS) is 2. The molecule has 19 heteroatoms. The molecule has 2 aromatic heterocycles. The Morgan fingerprint density at radius 3 is 2.15 bits per heavy atom. The molecule has 0 saturated heterocycles. The highest BCUT2D eigenvalue weighted by Gasteiger charge is 2.35. The van der Waals surface area contributed by atoms with Gasteiger partial charge in [-0.3, -0.25) is 24.0 Å². The molecule has 0 aliphatic carbocycles. The SMILES string of the molecule is CN[C@@H](CCC(=O)O)C(=O)N[C@@H](CSSCCC(=O)Nc1ccc2[nH]c(C(=O)Nc3ccc4[nH]c(C(=O)N5CC(CCl)c6c5cc(O)c5ccccc65)cc4c3)cc2c1)C(=O)O. The lowest BCUT2D eigenvalue weighted by Gasteiger charge is -2.19. The quantitative estimate of drug-likeness (QED) is 0.0256. The molecule has 62 heavy (non-hydrogen) atoms. The number of alkyl halides is 1. The van der Waals surface area contributed by atoms with Crippen LogP contribution in [-0.4, -0.2) is 104 Å². The maximum absolute atomic E-state index is 13.9. The van der Waals surface area contributed by atoms with E-state index in [1.54, 1.807) is 59.5 Å². The van der Waals surface area contributed by atoms with E-state index in [4.69, 9.17) is 16.7 Å². The number of phenols is 1. The number of aromatic amines is 2. The fourth-order valence-corrected chi connectivity index (χ4v) is 9.80. The third-order valence-electron chi connectivity index (χ3n) is 10.5. The molecule has 3 heterocycles. The van der Waals surface area contributed by atoms with Crippen molar-refractivity contribution in [3.63, 3.8) is 0 Å². The van der Waals surface area contributed by atoms with E-state index in [0.717, 1.165) is 10.9 Å². The number of likely N-dealkylation sites (N-methyl/N-ethyl adjacent to an activating group) is 1. The Morgan fingerprint density at radius 2 is 1.48 bits per heavy atom. The molecule has 6 aromatic rings. The number of hydrogen-bond acceptors (Lipinski definition) is 10. The number of carbonyl (C=O) groups excluding carboxylic acids is 4. The Balaban J connectivity index is 0.917. The van der Waals surface area contributed by atoms with Crippen molar-refractivity contribution in [2.45, 2.75) is 37.3 Å². The topological polar surface area (TPSA) is 246 Å². The Bertz CT molecular complexity index is 2720. The number of anilines is 3. The van der Waals surface area contributed by atoms with Crippen molar-refractivity contribution in [3.05, 3.63) is 95.8 Å². The molecule has 16 nitrogen and oxygen atoms in total. The molecule has 3 atom stereocenters. The first-order valence-electron chi connectivity index (χ1n) is 19.5. The monoisotopic (exact) mass is 899 g/mol. The average molecular weight is 900 g/mol. The molecule has 0 bridgehead atoms. The highest BCUT2D eigenvalue weighted by atomic mass is 35.5. The van der Waals surface area contributed by atoms with Gasteiger partial charge in [0.05, 0.1) is 11.7 Å². The van der Waals surface area contributed by atoms with Crippen LogP contribution in [0.25, 0.3) is 32.6 Å². The van der Waals surface area contributed by atoms with E-state index in [1.165, 1.54) is 28.6 Å². The van der Waals surface area contributed by atoms with Crippen LogP contribution in [0.15, 0.2) is 78.9 Å². The summed E-state index contributed by atoms with van der Waals surface area (Å²) in [5, 5.41) is 43.1. The van der Waals surface area contributed by atoms with Crippen LogP contribution in [0.1, 0.15) is 51.7 Å². The predicted octanol–water partition coefficient (Wildman–Crippen LogP) is 6.48. The number of phenolic OH excluding ortho intramolecular Hbond substituents is 1. The number of rotatable bonds is 18. The zero-order valence-electron chi connectivity index (χ0n) is 33.1. The smallest absolute Gasteiger partial charge is 0.327 e. The van der Waals surface area contributed by atoms with Crippen LogP contribution < -0.4 is 26.2 Å². The van der Waals surface area contributed by atoms with Gasteiger partial charge in [-0.25, -0.2) is 4.79 Å². The third-order valence-corrected chi connectivity index (χ3v) is 13.3. The van der Waals surface area contributed by atoms with Gasteiger partial charge in [-0.1, -0.05) is 45.9 Å². The fourth-order valence-electron chi connectivity index (χ4n) is 7.40. The summed E-state index contributed by atoms with van der Waals surface area (Å²) in [6.45, 7) is 0.362. The van der Waals surface area contributed by atoms with E-state index >= 15 is 0 Å². The minimum Gasteiger partial charge on any atom is -0.507 e. The third kappa shape index (κ3) is 9.78. The van der Waals surface area contributed by atoms with Gasteiger partial charge in [0.25, 0.3) is 11.8 Å². The number of nitrogens with zero attached hydrogens (tertiary/aromatic N) is 1. The lowest BCUT2D eigenvalue weighted by atomic mass is 9.95. The highest BCUT2D eigenvalue weighted by Crippen LogP contribution is 2.45. The minimum absolute atomic E-state index is 0.00831. The van der Waals surface area contributed by atoms with Crippen LogP contribution in [0.5, 0.6) is 5.75 Å². The van der Waals surface area contributed by atoms with E-state index in [1.807, 2.05) is 24.3 Å². The van der Waals surface area contributed by atoms with Gasteiger partial charge in [-0.2, -0.15) is 0 Å². The average Bonchev–Trinajstić information content (AvgIpc) is 3.98. The van der Waals surface area contributed by atoms with Crippen molar-refractivity contribution in [3.8, 4) is 5.75 Å². The maximum Gasteiger partial charge on any atom is 0.327 e. The van der Waals surface area contributed by atoms with Gasteiger partial charge < -0.3 is 51.5 Å². The van der Waals surface area contributed by atoms with Crippen LogP contribution in [-0.2, 0) is 19.2 Å². The van der Waals surface area contributed by atoms with Gasteiger partial charge >= 0.3 is 11.9 Å². The molecule has 0 radical (unpaired) electrons. The first-order valence-corrected chi connectivity index (χ1v) is 22.5. The molecule has 9 N–H and O–H groups in total. The minimum atomic E-state index is -1.23. The molecule has 0 spiro atoms. The van der Waals surface area contributed by atoms with E-state index in [-0.39, 0.29) is 54.2 Å². The second kappa shape index (κ2) is 19.2. The van der Waals surface area contributed by atoms with Gasteiger partial charge in [-0.05, 0) is 72.9 Å². The number of carboxylic acids is 2. The first kappa shape index (κ1) is 43.9. The summed E-state index contributed by atoms with van der Waals surface area (Å²) >= 11 is 6.38. The number of hydrogen-bond donors (Lipinski definition) is 9. The zero-order valence-corrected chi connectivity index (χ0v) is 35.5. The van der Waals surface area contributed by atoms with Crippen molar-refractivity contribution in [2.75, 3.05) is 46.5 Å². The first-order chi connectivity index (χ1) is 29.8. The maximum atomic E-state index is 13.9. The van der Waals surface area contributed by atoms with Crippen LogP contribution in [0.3, 0.4) is 0 Å². The molecular weight excluding hydrogens is 858 g/mol. The fraction of sp³-hybridized carbons (Fsp3) is 0.256. The summed E-state index contributed by atoms with van der Waals surface area (Å²) < 4.78 is 0. The summed E-state index contributed by atoms with van der Waals surface area (Å²) in [6, 6.07) is 20.9. The lowest BCUT2D eigenvalue weighted by molar-refractivity contribution is -0.142. The van der Waals surface area contributed by atoms with Gasteiger partial charge in [0.15, 0.2) is 0 Å². The number of nitrogens with one attached hydrogen (secondary N) is 6. The summed E-state index contributed by atoms with van der Waals surface area (Å²) in [6.07, 6.45) is -0.113. The number of aromatic nitrogens is 2. The van der Waals surface area contributed by atoms with E-state index < -0.39 is 35.8 Å². The van der Waals surface area contributed by atoms with Crippen molar-refractivity contribution in [1.29, 1.82) is 0 Å². The number of aromatic hydroxyl groups is 1. The molecule has 0 fully saturated rings. The van der Waals surface area contributed by atoms with Crippen molar-refractivity contribution >= 4 is 118 Å². The van der Waals surface area contributed by atoms with Gasteiger partial charge in [0.2, 0.25) is 11.8 Å². The van der Waals surface area contributed by atoms with Crippen molar-refractivity contribution in [2.24, 2.45) is 0 Å². The van der Waals surface area contributed by atoms with E-state index in [0.29, 0.717) is 68.1 Å². The molecule has 1 aliphatic heterocycles. The Labute approximate surface area is 366 Å². The number of amides is 4. The van der Waals surface area contributed by atoms with Gasteiger partial charge in [0.1, 0.15) is 23.2 Å². The predicted molar refractivity (Wildman–Crippen MR) is 243 cm³/mol. The molecule has 1 aliphatic rings. The molecule has 322 valence electrons. The van der Waals surface area contributed by atoms with E-state index in [9.17, 15) is 39.0 Å².